The van der Waals surface area contributed by atoms with Gasteiger partial charge in [0.15, 0.2) is 10.5 Å². The molecule has 0 bridgehead atoms. The van der Waals surface area contributed by atoms with Gasteiger partial charge in [0.2, 0.25) is 0 Å². The van der Waals surface area contributed by atoms with Gasteiger partial charge in [-0.1, -0.05) is 0 Å². The Hall–Kier alpha value is -2.50. The van der Waals surface area contributed by atoms with Gasteiger partial charge >= 0.3 is 17.8 Å². The van der Waals surface area contributed by atoms with Gasteiger partial charge in [-0.2, -0.15) is 17.5 Å². The predicted octanol–water partition coefficient (Wildman–Crippen LogP) is 3.82. The number of anilines is 1. The summed E-state index contributed by atoms with van der Waals surface area (Å²) in [6, 6.07) is 6.76. The Morgan fingerprint density at radius 3 is 2.46 bits per heavy atom. The van der Waals surface area contributed by atoms with Crippen molar-refractivity contribution in [3.63, 3.8) is 0 Å². The van der Waals surface area contributed by atoms with Crippen molar-refractivity contribution in [3.05, 3.63) is 57.9 Å². The molecule has 1 unspecified atom stereocenters. The van der Waals surface area contributed by atoms with Crippen molar-refractivity contribution in [1.82, 2.24) is 0 Å². The summed E-state index contributed by atoms with van der Waals surface area (Å²) in [5.74, 6) is -0.840. The summed E-state index contributed by atoms with van der Waals surface area (Å²) >= 11 is -0.698. The van der Waals surface area contributed by atoms with E-state index in [2.05, 4.69) is 4.74 Å². The molecule has 0 fully saturated rings. The summed E-state index contributed by atoms with van der Waals surface area (Å²) in [5, 5.41) is 0.429. The zero-order valence-corrected chi connectivity index (χ0v) is 16.0. The number of carbonyl (C=O) groups excluding carboxylic acids is 1. The molecule has 2 heterocycles. The molecule has 0 saturated heterocycles. The normalized spacial score (nSPS) is 12.8. The summed E-state index contributed by atoms with van der Waals surface area (Å²) in [4.78, 5) is 23.6. The molecule has 1 atom stereocenters. The van der Waals surface area contributed by atoms with Crippen LogP contribution >= 0.6 is 11.3 Å². The average Bonchev–Trinajstić information content (AvgIpc) is 3.07. The van der Waals surface area contributed by atoms with Crippen molar-refractivity contribution in [2.45, 2.75) is 11.1 Å². The van der Waals surface area contributed by atoms with Gasteiger partial charge in [0.1, 0.15) is 21.9 Å². The SMILES string of the molecule is COC(=O)c1cc2sc(N(C)[S+]([O-])c3ccc(C(F)(F)F)cc3)cc2oc1=O. The molecule has 0 spiro atoms. The van der Waals surface area contributed by atoms with E-state index in [9.17, 15) is 27.3 Å². The molecular weight excluding hydrogens is 419 g/mol. The topological polar surface area (TPSA) is 82.8 Å². The minimum Gasteiger partial charge on any atom is -0.588 e. The number of esters is 1. The Bertz CT molecular complexity index is 1080. The van der Waals surface area contributed by atoms with Crippen LogP contribution in [0.4, 0.5) is 18.2 Å². The zero-order valence-electron chi connectivity index (χ0n) is 14.4. The average molecular weight is 431 g/mol. The number of nitrogens with zero attached hydrogens (tertiary/aromatic N) is 1. The number of hydrogen-bond acceptors (Lipinski definition) is 7. The van der Waals surface area contributed by atoms with Crippen LogP contribution in [0.3, 0.4) is 0 Å². The highest BCUT2D eigenvalue weighted by Crippen LogP contribution is 2.35. The lowest BCUT2D eigenvalue weighted by Crippen LogP contribution is -2.25. The van der Waals surface area contributed by atoms with E-state index in [0.29, 0.717) is 9.70 Å². The summed E-state index contributed by atoms with van der Waals surface area (Å²) in [5.41, 5.74) is -1.78. The summed E-state index contributed by atoms with van der Waals surface area (Å²) in [7, 11) is 2.62. The first kappa shape index (κ1) is 20.2. The quantitative estimate of drug-likeness (QED) is 0.461. The number of alkyl halides is 3. The molecule has 0 amide bonds. The molecular formula is C17H12F3NO5S2. The second-order valence-electron chi connectivity index (χ2n) is 5.52. The highest BCUT2D eigenvalue weighted by atomic mass is 32.2. The highest BCUT2D eigenvalue weighted by molar-refractivity contribution is 7.93. The first-order valence-corrected chi connectivity index (χ1v) is 9.53. The Balaban J connectivity index is 1.91. The summed E-state index contributed by atoms with van der Waals surface area (Å²) < 4.78 is 62.0. The van der Waals surface area contributed by atoms with Crippen LogP contribution in [0.2, 0.25) is 0 Å². The number of hydrogen-bond donors (Lipinski definition) is 0. The summed E-state index contributed by atoms with van der Waals surface area (Å²) in [6.45, 7) is 0. The van der Waals surface area contributed by atoms with E-state index in [1.54, 1.807) is 0 Å². The van der Waals surface area contributed by atoms with Gasteiger partial charge < -0.3 is 13.7 Å². The molecule has 11 heteroatoms. The molecule has 0 aliphatic carbocycles. The van der Waals surface area contributed by atoms with E-state index >= 15 is 0 Å². The number of thiophene rings is 1. The van der Waals surface area contributed by atoms with Gasteiger partial charge in [-0.3, -0.25) is 0 Å². The van der Waals surface area contributed by atoms with Gasteiger partial charge in [0.05, 0.1) is 24.4 Å². The van der Waals surface area contributed by atoms with Crippen molar-refractivity contribution < 1.29 is 31.7 Å². The van der Waals surface area contributed by atoms with Gasteiger partial charge in [0.25, 0.3) is 0 Å². The lowest BCUT2D eigenvalue weighted by atomic mass is 10.2. The van der Waals surface area contributed by atoms with Crippen LogP contribution < -0.4 is 9.93 Å². The standard InChI is InChI=1S/C17H12F3NO5S2/c1-21(28(24)10-5-3-9(4-6-10)17(18,19)20)14-8-12-13(27-14)7-11(15(22)25-2)16(23)26-12/h3-8H,1-2H3. The van der Waals surface area contributed by atoms with Crippen LogP contribution in [-0.2, 0) is 22.3 Å². The van der Waals surface area contributed by atoms with Crippen molar-refractivity contribution in [2.24, 2.45) is 0 Å². The molecule has 0 aliphatic heterocycles. The van der Waals surface area contributed by atoms with Crippen LogP contribution in [-0.4, -0.2) is 24.7 Å². The van der Waals surface area contributed by atoms with Crippen LogP contribution in [0.5, 0.6) is 0 Å². The molecule has 0 radical (unpaired) electrons. The molecule has 28 heavy (non-hydrogen) atoms. The molecule has 0 saturated carbocycles. The van der Waals surface area contributed by atoms with Crippen molar-refractivity contribution in [1.29, 1.82) is 0 Å². The fourth-order valence-corrected chi connectivity index (χ4v) is 4.42. The fourth-order valence-electron chi connectivity index (χ4n) is 2.31. The van der Waals surface area contributed by atoms with Crippen molar-refractivity contribution in [3.8, 4) is 0 Å². The van der Waals surface area contributed by atoms with Gasteiger partial charge in [-0.25, -0.2) is 9.59 Å². The van der Waals surface area contributed by atoms with Crippen molar-refractivity contribution in [2.75, 3.05) is 18.5 Å². The minimum atomic E-state index is -4.48. The third kappa shape index (κ3) is 3.86. The lowest BCUT2D eigenvalue weighted by Gasteiger charge is -2.20. The maximum absolute atomic E-state index is 12.7. The van der Waals surface area contributed by atoms with Crippen LogP contribution in [0.1, 0.15) is 15.9 Å². The molecule has 3 aromatic rings. The number of rotatable bonds is 4. The van der Waals surface area contributed by atoms with E-state index in [1.807, 2.05) is 0 Å². The van der Waals surface area contributed by atoms with E-state index in [4.69, 9.17) is 4.42 Å². The van der Waals surface area contributed by atoms with Crippen LogP contribution in [0, 0.1) is 0 Å². The largest absolute Gasteiger partial charge is 0.588 e. The number of fused-ring (bicyclic) bond motifs is 1. The molecule has 0 aliphatic rings. The second-order valence-corrected chi connectivity index (χ2v) is 8.10. The maximum Gasteiger partial charge on any atom is 0.416 e. The monoisotopic (exact) mass is 431 g/mol. The molecule has 3 rings (SSSR count). The van der Waals surface area contributed by atoms with Gasteiger partial charge in [-0.15, -0.1) is 11.3 Å². The number of ether oxygens (including phenoxy) is 1. The highest BCUT2D eigenvalue weighted by Gasteiger charge is 2.31. The third-order valence-electron chi connectivity index (χ3n) is 3.76. The predicted molar refractivity (Wildman–Crippen MR) is 98.0 cm³/mol. The fraction of sp³-hybridized carbons (Fsp3) is 0.176. The van der Waals surface area contributed by atoms with Crippen LogP contribution in [0.15, 0.2) is 50.5 Å². The lowest BCUT2D eigenvalue weighted by molar-refractivity contribution is -0.137. The molecule has 1 aromatic carbocycles. The van der Waals surface area contributed by atoms with E-state index in [-0.39, 0.29) is 16.0 Å². The Kier molecular flexibility index (Phi) is 5.41. The first-order valence-electron chi connectivity index (χ1n) is 7.60. The van der Waals surface area contributed by atoms with Gasteiger partial charge in [0, 0.05) is 6.07 Å². The summed E-state index contributed by atoms with van der Waals surface area (Å²) in [6.07, 6.45) is -4.48. The van der Waals surface area contributed by atoms with E-state index in [0.717, 1.165) is 42.7 Å². The Labute approximate surface area is 163 Å². The number of carbonyl (C=O) groups is 1. The molecule has 148 valence electrons. The molecule has 2 aromatic heterocycles. The van der Waals surface area contributed by atoms with Gasteiger partial charge in [-0.05, 0) is 30.3 Å². The van der Waals surface area contributed by atoms with Crippen molar-refractivity contribution >= 4 is 44.0 Å². The smallest absolute Gasteiger partial charge is 0.416 e. The first-order chi connectivity index (χ1) is 13.1. The second kappa shape index (κ2) is 7.49. The zero-order chi connectivity index (χ0) is 20.6. The third-order valence-corrected chi connectivity index (χ3v) is 6.38. The number of halogens is 3. The Morgan fingerprint density at radius 2 is 1.89 bits per heavy atom. The Morgan fingerprint density at radius 1 is 1.25 bits per heavy atom. The van der Waals surface area contributed by atoms with E-state index in [1.165, 1.54) is 23.5 Å². The molecule has 0 N–H and O–H groups in total. The maximum atomic E-state index is 12.7. The minimum absolute atomic E-state index is 0.171. The van der Waals surface area contributed by atoms with Crippen LogP contribution in [0.25, 0.3) is 10.3 Å². The van der Waals surface area contributed by atoms with E-state index < -0.39 is 34.7 Å². The number of benzene rings is 1. The number of methoxy groups -OCH3 is 1. The molecule has 6 nitrogen and oxygen atoms in total.